The summed E-state index contributed by atoms with van der Waals surface area (Å²) in [6.07, 6.45) is 0. The normalized spacial score (nSPS) is 10.0. The number of anilines is 3. The van der Waals surface area contributed by atoms with Crippen molar-refractivity contribution in [3.63, 3.8) is 0 Å². The molecule has 6 nitrogen and oxygen atoms in total. The Morgan fingerprint density at radius 2 is 1.81 bits per heavy atom. The minimum Gasteiger partial charge on any atom is -0.345 e. The second-order valence-electron chi connectivity index (χ2n) is 4.56. The van der Waals surface area contributed by atoms with Gasteiger partial charge >= 0.3 is 0 Å². The number of nitro groups is 1. The van der Waals surface area contributed by atoms with Crippen molar-refractivity contribution in [2.75, 3.05) is 17.3 Å². The largest absolute Gasteiger partial charge is 0.345 e. The topological polar surface area (TPSA) is 75.5 Å². The molecule has 0 aromatic heterocycles. The lowest BCUT2D eigenvalue weighted by molar-refractivity contribution is -0.384. The fraction of sp³-hybridized carbons (Fsp3) is 0.133. The van der Waals surface area contributed by atoms with Crippen molar-refractivity contribution in [2.24, 2.45) is 0 Å². The molecule has 21 heavy (non-hydrogen) atoms. The molecule has 0 unspecified atom stereocenters. The van der Waals surface area contributed by atoms with E-state index in [4.69, 9.17) is 0 Å². The summed E-state index contributed by atoms with van der Waals surface area (Å²) in [6, 6.07) is 13.7. The van der Waals surface area contributed by atoms with Crippen LogP contribution in [0.3, 0.4) is 0 Å². The zero-order valence-electron chi connectivity index (χ0n) is 11.7. The molecule has 1 N–H and O–H groups in total. The minimum atomic E-state index is -0.429. The van der Waals surface area contributed by atoms with Crippen LogP contribution in [0.1, 0.15) is 6.92 Å². The molecule has 0 saturated heterocycles. The molecule has 0 radical (unpaired) electrons. The molecule has 108 valence electrons. The highest BCUT2D eigenvalue weighted by atomic mass is 16.6. The number of carbonyl (C=O) groups excluding carboxylic acids is 1. The molecule has 0 aliphatic rings. The predicted molar refractivity (Wildman–Crippen MR) is 81.9 cm³/mol. The van der Waals surface area contributed by atoms with Gasteiger partial charge in [0.25, 0.3) is 5.69 Å². The number of nitrogens with zero attached hydrogens (tertiary/aromatic N) is 2. The van der Waals surface area contributed by atoms with E-state index in [2.05, 4.69) is 5.32 Å². The first-order chi connectivity index (χ1) is 9.97. The summed E-state index contributed by atoms with van der Waals surface area (Å²) in [6.45, 7) is 1.45. The van der Waals surface area contributed by atoms with Crippen molar-refractivity contribution in [1.82, 2.24) is 0 Å². The maximum Gasteiger partial charge on any atom is 0.269 e. The maximum atomic E-state index is 11.1. The Morgan fingerprint density at radius 3 is 2.38 bits per heavy atom. The first kappa shape index (κ1) is 14.5. The molecule has 0 atom stereocenters. The van der Waals surface area contributed by atoms with Crippen LogP contribution in [0.2, 0.25) is 0 Å². The highest BCUT2D eigenvalue weighted by Crippen LogP contribution is 2.27. The molecule has 2 aromatic carbocycles. The summed E-state index contributed by atoms with van der Waals surface area (Å²) in [5.74, 6) is -0.134. The number of amides is 1. The summed E-state index contributed by atoms with van der Waals surface area (Å²) in [5, 5.41) is 13.4. The van der Waals surface area contributed by atoms with Crippen molar-refractivity contribution in [2.45, 2.75) is 6.92 Å². The van der Waals surface area contributed by atoms with Gasteiger partial charge in [-0.15, -0.1) is 0 Å². The van der Waals surface area contributed by atoms with Crippen LogP contribution in [0.25, 0.3) is 0 Å². The molecule has 2 aromatic rings. The Labute approximate surface area is 122 Å². The number of rotatable bonds is 4. The van der Waals surface area contributed by atoms with Crippen LogP contribution in [0, 0.1) is 10.1 Å². The number of hydrogen-bond acceptors (Lipinski definition) is 4. The lowest BCUT2D eigenvalue weighted by Gasteiger charge is -2.20. The van der Waals surface area contributed by atoms with Crippen LogP contribution in [0.5, 0.6) is 0 Å². The van der Waals surface area contributed by atoms with Crippen LogP contribution in [-0.2, 0) is 4.79 Å². The van der Waals surface area contributed by atoms with E-state index in [0.29, 0.717) is 5.69 Å². The Hall–Kier alpha value is -2.89. The van der Waals surface area contributed by atoms with Gasteiger partial charge in [-0.3, -0.25) is 14.9 Å². The van der Waals surface area contributed by atoms with E-state index >= 15 is 0 Å². The zero-order chi connectivity index (χ0) is 15.4. The summed E-state index contributed by atoms with van der Waals surface area (Å²) in [4.78, 5) is 23.2. The maximum absolute atomic E-state index is 11.1. The van der Waals surface area contributed by atoms with Gasteiger partial charge < -0.3 is 10.2 Å². The highest BCUT2D eigenvalue weighted by molar-refractivity contribution is 5.89. The number of hydrogen-bond donors (Lipinski definition) is 1. The molecule has 0 bridgehead atoms. The highest BCUT2D eigenvalue weighted by Gasteiger charge is 2.08. The minimum absolute atomic E-state index is 0.0548. The molecule has 0 fully saturated rings. The Bertz CT molecular complexity index is 668. The van der Waals surface area contributed by atoms with Crippen molar-refractivity contribution in [3.05, 3.63) is 58.6 Å². The van der Waals surface area contributed by atoms with Crippen molar-refractivity contribution < 1.29 is 9.72 Å². The SMILES string of the molecule is CC(=O)Nc1cccc(N(C)c2ccc([N+](=O)[O-])cc2)c1. The van der Waals surface area contributed by atoms with Gasteiger partial charge in [-0.2, -0.15) is 0 Å². The first-order valence-corrected chi connectivity index (χ1v) is 6.33. The van der Waals surface area contributed by atoms with Crippen molar-refractivity contribution in [1.29, 1.82) is 0 Å². The smallest absolute Gasteiger partial charge is 0.269 e. The van der Waals surface area contributed by atoms with Gasteiger partial charge in [0, 0.05) is 43.2 Å². The van der Waals surface area contributed by atoms with Gasteiger partial charge in [-0.05, 0) is 30.3 Å². The van der Waals surface area contributed by atoms with E-state index in [0.717, 1.165) is 11.4 Å². The van der Waals surface area contributed by atoms with E-state index in [1.165, 1.54) is 19.1 Å². The fourth-order valence-electron chi connectivity index (χ4n) is 1.94. The van der Waals surface area contributed by atoms with Gasteiger partial charge in [0.2, 0.25) is 5.91 Å². The third kappa shape index (κ3) is 3.56. The second kappa shape index (κ2) is 6.04. The standard InChI is InChI=1S/C15H15N3O3/c1-11(19)16-12-4-3-5-15(10-12)17(2)13-6-8-14(9-7-13)18(20)21/h3-10H,1-2H3,(H,16,19). The fourth-order valence-corrected chi connectivity index (χ4v) is 1.94. The van der Waals surface area contributed by atoms with Gasteiger partial charge in [0.1, 0.15) is 0 Å². The first-order valence-electron chi connectivity index (χ1n) is 6.33. The molecular formula is C15H15N3O3. The Balaban J connectivity index is 2.24. The lowest BCUT2D eigenvalue weighted by atomic mass is 10.2. The molecule has 2 rings (SSSR count). The number of nitrogens with one attached hydrogen (secondary N) is 1. The van der Waals surface area contributed by atoms with E-state index in [-0.39, 0.29) is 11.6 Å². The van der Waals surface area contributed by atoms with Gasteiger partial charge in [-0.1, -0.05) is 6.07 Å². The average Bonchev–Trinajstić information content (AvgIpc) is 2.46. The van der Waals surface area contributed by atoms with E-state index in [1.54, 1.807) is 18.2 Å². The summed E-state index contributed by atoms with van der Waals surface area (Å²) in [7, 11) is 1.86. The number of benzene rings is 2. The lowest BCUT2D eigenvalue weighted by Crippen LogP contribution is -2.11. The van der Waals surface area contributed by atoms with Crippen LogP contribution < -0.4 is 10.2 Å². The van der Waals surface area contributed by atoms with Gasteiger partial charge in [-0.25, -0.2) is 0 Å². The molecule has 1 amide bonds. The summed E-state index contributed by atoms with van der Waals surface area (Å²) < 4.78 is 0. The zero-order valence-corrected chi connectivity index (χ0v) is 11.7. The third-order valence-electron chi connectivity index (χ3n) is 3.00. The number of nitro benzene ring substituents is 1. The van der Waals surface area contributed by atoms with E-state index < -0.39 is 4.92 Å². The van der Waals surface area contributed by atoms with Crippen molar-refractivity contribution >= 4 is 28.7 Å². The third-order valence-corrected chi connectivity index (χ3v) is 3.00. The predicted octanol–water partition coefficient (Wildman–Crippen LogP) is 3.32. The van der Waals surface area contributed by atoms with Crippen molar-refractivity contribution in [3.8, 4) is 0 Å². The Kier molecular flexibility index (Phi) is 4.18. The molecule has 6 heteroatoms. The van der Waals surface area contributed by atoms with Gasteiger partial charge in [0.05, 0.1) is 4.92 Å². The van der Waals surface area contributed by atoms with E-state index in [9.17, 15) is 14.9 Å². The van der Waals surface area contributed by atoms with Crippen LogP contribution >= 0.6 is 0 Å². The molecule has 0 saturated carbocycles. The van der Waals surface area contributed by atoms with Crippen LogP contribution in [-0.4, -0.2) is 17.9 Å². The van der Waals surface area contributed by atoms with Crippen LogP contribution in [0.4, 0.5) is 22.7 Å². The molecule has 0 spiro atoms. The second-order valence-corrected chi connectivity index (χ2v) is 4.56. The molecule has 0 aliphatic carbocycles. The summed E-state index contributed by atoms with van der Waals surface area (Å²) >= 11 is 0. The Morgan fingerprint density at radius 1 is 1.14 bits per heavy atom. The molecular weight excluding hydrogens is 270 g/mol. The molecule has 0 heterocycles. The van der Waals surface area contributed by atoms with E-state index in [1.807, 2.05) is 30.1 Å². The monoisotopic (exact) mass is 285 g/mol. The molecule has 0 aliphatic heterocycles. The summed E-state index contributed by atoms with van der Waals surface area (Å²) in [5.41, 5.74) is 2.45. The average molecular weight is 285 g/mol. The van der Waals surface area contributed by atoms with Crippen LogP contribution in [0.15, 0.2) is 48.5 Å². The number of carbonyl (C=O) groups is 1. The quantitative estimate of drug-likeness (QED) is 0.690. The van der Waals surface area contributed by atoms with Gasteiger partial charge in [0.15, 0.2) is 0 Å². The number of non-ortho nitro benzene ring substituents is 1.